The molecule has 0 aliphatic carbocycles. The van der Waals surface area contributed by atoms with Crippen LogP contribution in [-0.2, 0) is 13.0 Å². The molecule has 0 amide bonds. The topological polar surface area (TPSA) is 73.8 Å². The van der Waals surface area contributed by atoms with E-state index in [4.69, 9.17) is 9.15 Å². The van der Waals surface area contributed by atoms with Crippen LogP contribution in [0.5, 0.6) is 5.75 Å². The molecule has 0 N–H and O–H groups in total. The van der Waals surface area contributed by atoms with E-state index in [2.05, 4.69) is 4.98 Å². The zero-order valence-corrected chi connectivity index (χ0v) is 14.1. The zero-order chi connectivity index (χ0) is 18.1. The molecule has 0 bridgehead atoms. The van der Waals surface area contributed by atoms with Crippen LogP contribution in [0.4, 0.5) is 0 Å². The summed E-state index contributed by atoms with van der Waals surface area (Å²) in [5, 5.41) is 0.890. The van der Waals surface area contributed by atoms with Crippen LogP contribution in [0.3, 0.4) is 0 Å². The van der Waals surface area contributed by atoms with Crippen LogP contribution in [0.25, 0.3) is 16.6 Å². The van der Waals surface area contributed by atoms with E-state index in [0.717, 1.165) is 17.4 Å². The lowest BCUT2D eigenvalue weighted by Crippen LogP contribution is -2.16. The number of rotatable bonds is 4. The monoisotopic (exact) mass is 348 g/mol. The van der Waals surface area contributed by atoms with E-state index in [1.807, 2.05) is 25.1 Å². The highest BCUT2D eigenvalue weighted by atomic mass is 16.5. The summed E-state index contributed by atoms with van der Waals surface area (Å²) in [6.45, 7) is 2.13. The Morgan fingerprint density at radius 2 is 2.00 bits per heavy atom. The molecular weight excluding hydrogens is 332 g/mol. The molecule has 4 rings (SSSR count). The Morgan fingerprint density at radius 1 is 1.12 bits per heavy atom. The van der Waals surface area contributed by atoms with Crippen LogP contribution in [0.15, 0.2) is 68.7 Å². The molecule has 3 heterocycles. The maximum absolute atomic E-state index is 12.1. The number of fused-ring (bicyclic) bond motifs is 2. The van der Waals surface area contributed by atoms with Gasteiger partial charge in [-0.05, 0) is 36.2 Å². The second-order valence-electron chi connectivity index (χ2n) is 5.91. The highest BCUT2D eigenvalue weighted by molar-refractivity contribution is 5.81. The van der Waals surface area contributed by atoms with Gasteiger partial charge in [-0.3, -0.25) is 9.20 Å². The van der Waals surface area contributed by atoms with Crippen molar-refractivity contribution in [2.24, 2.45) is 0 Å². The number of hydrogen-bond acceptors (Lipinski definition) is 5. The van der Waals surface area contributed by atoms with E-state index < -0.39 is 0 Å². The molecule has 0 fully saturated rings. The summed E-state index contributed by atoms with van der Waals surface area (Å²) >= 11 is 0. The van der Waals surface area contributed by atoms with E-state index >= 15 is 0 Å². The molecule has 0 radical (unpaired) electrons. The van der Waals surface area contributed by atoms with Gasteiger partial charge >= 0.3 is 5.63 Å². The van der Waals surface area contributed by atoms with Crippen LogP contribution >= 0.6 is 0 Å². The fourth-order valence-corrected chi connectivity index (χ4v) is 2.93. The number of hydrogen-bond donors (Lipinski definition) is 0. The lowest BCUT2D eigenvalue weighted by atomic mass is 10.1. The van der Waals surface area contributed by atoms with Crippen LogP contribution in [-0.4, -0.2) is 9.38 Å². The van der Waals surface area contributed by atoms with Gasteiger partial charge in [0.1, 0.15) is 23.6 Å². The second-order valence-corrected chi connectivity index (χ2v) is 5.91. The summed E-state index contributed by atoms with van der Waals surface area (Å²) in [6.07, 6.45) is 2.42. The minimum absolute atomic E-state index is 0.143. The average Bonchev–Trinajstić information content (AvgIpc) is 2.65. The Balaban J connectivity index is 1.64. The highest BCUT2D eigenvalue weighted by Crippen LogP contribution is 2.23. The Kier molecular flexibility index (Phi) is 4.01. The van der Waals surface area contributed by atoms with Gasteiger partial charge in [0.05, 0.1) is 5.69 Å². The summed E-state index contributed by atoms with van der Waals surface area (Å²) in [5.74, 6) is 0.545. The number of aryl methyl sites for hydroxylation is 1. The molecule has 130 valence electrons. The van der Waals surface area contributed by atoms with E-state index in [1.54, 1.807) is 24.4 Å². The number of benzene rings is 1. The third kappa shape index (κ3) is 2.97. The third-order valence-electron chi connectivity index (χ3n) is 4.19. The number of ether oxygens (including phenoxy) is 1. The Morgan fingerprint density at radius 3 is 2.85 bits per heavy atom. The van der Waals surface area contributed by atoms with Gasteiger partial charge in [-0.2, -0.15) is 0 Å². The van der Waals surface area contributed by atoms with Crippen molar-refractivity contribution in [3.63, 3.8) is 0 Å². The summed E-state index contributed by atoms with van der Waals surface area (Å²) < 4.78 is 12.5. The first kappa shape index (κ1) is 16.1. The summed E-state index contributed by atoms with van der Waals surface area (Å²) in [6, 6.07) is 13.7. The first-order chi connectivity index (χ1) is 12.6. The van der Waals surface area contributed by atoms with Crippen LogP contribution in [0.2, 0.25) is 0 Å². The second kappa shape index (κ2) is 6.48. The summed E-state index contributed by atoms with van der Waals surface area (Å²) in [7, 11) is 0. The average molecular weight is 348 g/mol. The maximum Gasteiger partial charge on any atom is 0.336 e. The SMILES string of the molecule is CCc1cc(=O)oc2cc(OCc3cc(=O)n4ccccc4n3)ccc12. The van der Waals surface area contributed by atoms with Crippen molar-refractivity contribution >= 4 is 16.6 Å². The van der Waals surface area contributed by atoms with Gasteiger partial charge in [-0.1, -0.05) is 13.0 Å². The molecule has 4 aromatic rings. The predicted octanol–water partition coefficient (Wildman–Crippen LogP) is 2.94. The standard InChI is InChI=1S/C20H16N2O4/c1-2-13-9-20(24)26-17-11-15(6-7-16(13)17)25-12-14-10-19(23)22-8-4-3-5-18(22)21-14/h3-11H,2,12H2,1H3. The van der Waals surface area contributed by atoms with E-state index in [9.17, 15) is 9.59 Å². The van der Waals surface area contributed by atoms with Crippen molar-refractivity contribution in [3.05, 3.63) is 86.8 Å². The molecule has 0 spiro atoms. The Labute approximate surface area is 148 Å². The normalized spacial score (nSPS) is 11.1. The fraction of sp³-hybridized carbons (Fsp3) is 0.150. The molecule has 0 atom stereocenters. The number of nitrogens with zero attached hydrogens (tertiary/aromatic N) is 2. The Bertz CT molecular complexity index is 1220. The third-order valence-corrected chi connectivity index (χ3v) is 4.19. The van der Waals surface area contributed by atoms with Crippen LogP contribution in [0.1, 0.15) is 18.2 Å². The fourth-order valence-electron chi connectivity index (χ4n) is 2.93. The van der Waals surface area contributed by atoms with Crippen molar-refractivity contribution < 1.29 is 9.15 Å². The molecule has 26 heavy (non-hydrogen) atoms. The van der Waals surface area contributed by atoms with Crippen molar-refractivity contribution in [1.82, 2.24) is 9.38 Å². The smallest absolute Gasteiger partial charge is 0.336 e. The van der Waals surface area contributed by atoms with Gasteiger partial charge in [-0.15, -0.1) is 0 Å². The molecule has 0 unspecified atom stereocenters. The van der Waals surface area contributed by atoms with Gasteiger partial charge in [0.25, 0.3) is 5.56 Å². The Hall–Kier alpha value is -3.41. The van der Waals surface area contributed by atoms with Crippen molar-refractivity contribution in [1.29, 1.82) is 0 Å². The van der Waals surface area contributed by atoms with Gasteiger partial charge < -0.3 is 9.15 Å². The van der Waals surface area contributed by atoms with Crippen molar-refractivity contribution in [2.75, 3.05) is 0 Å². The molecule has 3 aromatic heterocycles. The number of aromatic nitrogens is 2. The molecule has 6 heteroatoms. The zero-order valence-electron chi connectivity index (χ0n) is 14.1. The first-order valence-electron chi connectivity index (χ1n) is 8.31. The van der Waals surface area contributed by atoms with Gasteiger partial charge in [0, 0.05) is 29.8 Å². The predicted molar refractivity (Wildman–Crippen MR) is 97.7 cm³/mol. The largest absolute Gasteiger partial charge is 0.487 e. The molecule has 0 aliphatic rings. The van der Waals surface area contributed by atoms with Gasteiger partial charge in [-0.25, -0.2) is 9.78 Å². The van der Waals surface area contributed by atoms with Crippen molar-refractivity contribution in [3.8, 4) is 5.75 Å². The summed E-state index contributed by atoms with van der Waals surface area (Å²) in [4.78, 5) is 28.2. The van der Waals surface area contributed by atoms with E-state index in [1.165, 1.54) is 16.5 Å². The van der Waals surface area contributed by atoms with Crippen LogP contribution in [0, 0.1) is 0 Å². The quantitative estimate of drug-likeness (QED) is 0.530. The lowest BCUT2D eigenvalue weighted by Gasteiger charge is -2.08. The van der Waals surface area contributed by atoms with Crippen molar-refractivity contribution in [2.45, 2.75) is 20.0 Å². The molecule has 0 saturated heterocycles. The first-order valence-corrected chi connectivity index (χ1v) is 8.31. The molecule has 6 nitrogen and oxygen atoms in total. The molecule has 0 aliphatic heterocycles. The number of pyridine rings is 1. The van der Waals surface area contributed by atoms with E-state index in [0.29, 0.717) is 22.7 Å². The minimum Gasteiger partial charge on any atom is -0.487 e. The minimum atomic E-state index is -0.379. The highest BCUT2D eigenvalue weighted by Gasteiger charge is 2.07. The van der Waals surface area contributed by atoms with Gasteiger partial charge in [0.2, 0.25) is 0 Å². The van der Waals surface area contributed by atoms with E-state index in [-0.39, 0.29) is 17.8 Å². The van der Waals surface area contributed by atoms with Crippen LogP contribution < -0.4 is 15.9 Å². The molecule has 0 saturated carbocycles. The summed E-state index contributed by atoms with van der Waals surface area (Å²) in [5.41, 5.74) is 1.98. The van der Waals surface area contributed by atoms with Gasteiger partial charge in [0.15, 0.2) is 0 Å². The molecule has 1 aromatic carbocycles. The molecular formula is C20H16N2O4. The maximum atomic E-state index is 12.1. The lowest BCUT2D eigenvalue weighted by molar-refractivity contribution is 0.301.